The van der Waals surface area contributed by atoms with Crippen molar-refractivity contribution in [2.75, 3.05) is 25.1 Å². The molecule has 1 aliphatic rings. The molecule has 1 aliphatic heterocycles. The minimum atomic E-state index is -0.316. The summed E-state index contributed by atoms with van der Waals surface area (Å²) >= 11 is 0. The largest absolute Gasteiger partial charge is 0.465 e. The average molecular weight is 378 g/mol. The molecule has 6 heteroatoms. The SMILES string of the molecule is COC(=O)c1ccc(Cn2ccc3c(N4C[C@@H](C)N[C@@H](C)C4)ccnc32)cc1. The zero-order valence-electron chi connectivity index (χ0n) is 16.6. The zero-order valence-corrected chi connectivity index (χ0v) is 16.6. The van der Waals surface area contributed by atoms with E-state index in [4.69, 9.17) is 4.74 Å². The van der Waals surface area contributed by atoms with Crippen LogP contribution < -0.4 is 10.2 Å². The Kier molecular flexibility index (Phi) is 5.05. The zero-order chi connectivity index (χ0) is 19.7. The Morgan fingerprint density at radius 3 is 2.54 bits per heavy atom. The van der Waals surface area contributed by atoms with Gasteiger partial charge >= 0.3 is 5.97 Å². The number of pyridine rings is 1. The Bertz CT molecular complexity index is 970. The molecule has 0 aliphatic carbocycles. The van der Waals surface area contributed by atoms with Gasteiger partial charge in [-0.15, -0.1) is 0 Å². The predicted molar refractivity (Wildman–Crippen MR) is 111 cm³/mol. The second-order valence-electron chi connectivity index (χ2n) is 7.57. The molecule has 4 rings (SSSR count). The number of hydrogen-bond acceptors (Lipinski definition) is 5. The third kappa shape index (κ3) is 3.60. The average Bonchev–Trinajstić information content (AvgIpc) is 3.10. The third-order valence-corrected chi connectivity index (χ3v) is 5.27. The first-order chi connectivity index (χ1) is 13.5. The number of aromatic nitrogens is 2. The Morgan fingerprint density at radius 2 is 1.86 bits per heavy atom. The van der Waals surface area contributed by atoms with Crippen molar-refractivity contribution in [1.82, 2.24) is 14.9 Å². The summed E-state index contributed by atoms with van der Waals surface area (Å²) < 4.78 is 6.92. The molecule has 1 N–H and O–H groups in total. The molecule has 2 aromatic heterocycles. The molecule has 1 fully saturated rings. The molecule has 0 unspecified atom stereocenters. The first kappa shape index (κ1) is 18.5. The second-order valence-corrected chi connectivity index (χ2v) is 7.57. The van der Waals surface area contributed by atoms with Crippen molar-refractivity contribution in [3.8, 4) is 0 Å². The van der Waals surface area contributed by atoms with E-state index in [1.807, 2.05) is 18.3 Å². The summed E-state index contributed by atoms with van der Waals surface area (Å²) in [5.41, 5.74) is 3.89. The molecule has 3 heterocycles. The molecule has 2 atom stereocenters. The van der Waals surface area contributed by atoms with Gasteiger partial charge in [0, 0.05) is 55.2 Å². The molecule has 0 amide bonds. The number of esters is 1. The number of carbonyl (C=O) groups excluding carboxylic acids is 1. The fourth-order valence-corrected chi connectivity index (χ4v) is 4.06. The van der Waals surface area contributed by atoms with Gasteiger partial charge in [-0.1, -0.05) is 12.1 Å². The van der Waals surface area contributed by atoms with Gasteiger partial charge in [0.05, 0.1) is 12.7 Å². The highest BCUT2D eigenvalue weighted by atomic mass is 16.5. The van der Waals surface area contributed by atoms with Crippen LogP contribution in [0, 0.1) is 0 Å². The van der Waals surface area contributed by atoms with Gasteiger partial charge in [0.25, 0.3) is 0 Å². The molecular formula is C22H26N4O2. The molecule has 0 spiro atoms. The molecule has 146 valence electrons. The molecule has 6 nitrogen and oxygen atoms in total. The van der Waals surface area contributed by atoms with Crippen molar-refractivity contribution in [3.63, 3.8) is 0 Å². The van der Waals surface area contributed by atoms with E-state index in [1.165, 1.54) is 18.2 Å². The van der Waals surface area contributed by atoms with E-state index in [9.17, 15) is 4.79 Å². The normalized spacial score (nSPS) is 19.8. The van der Waals surface area contributed by atoms with Crippen LogP contribution in [-0.2, 0) is 11.3 Å². The van der Waals surface area contributed by atoms with Crippen molar-refractivity contribution in [1.29, 1.82) is 0 Å². The Morgan fingerprint density at radius 1 is 1.14 bits per heavy atom. The number of piperazine rings is 1. The summed E-state index contributed by atoms with van der Waals surface area (Å²) in [6, 6.07) is 12.7. The van der Waals surface area contributed by atoms with Crippen LogP contribution in [0.4, 0.5) is 5.69 Å². The lowest BCUT2D eigenvalue weighted by molar-refractivity contribution is 0.0600. The second kappa shape index (κ2) is 7.64. The lowest BCUT2D eigenvalue weighted by Crippen LogP contribution is -2.54. The maximum absolute atomic E-state index is 11.6. The highest BCUT2D eigenvalue weighted by molar-refractivity contribution is 5.90. The lowest BCUT2D eigenvalue weighted by atomic mass is 10.1. The van der Waals surface area contributed by atoms with Gasteiger partial charge in [-0.3, -0.25) is 0 Å². The number of anilines is 1. The summed E-state index contributed by atoms with van der Waals surface area (Å²) in [4.78, 5) is 18.7. The number of fused-ring (bicyclic) bond motifs is 1. The van der Waals surface area contributed by atoms with Gasteiger partial charge in [-0.25, -0.2) is 9.78 Å². The molecule has 0 radical (unpaired) electrons. The van der Waals surface area contributed by atoms with Crippen molar-refractivity contribution >= 4 is 22.7 Å². The van der Waals surface area contributed by atoms with Crippen LogP contribution in [0.2, 0.25) is 0 Å². The van der Waals surface area contributed by atoms with Gasteiger partial charge in [-0.2, -0.15) is 0 Å². The molecule has 1 saturated heterocycles. The van der Waals surface area contributed by atoms with Crippen LogP contribution in [0.15, 0.2) is 48.8 Å². The number of carbonyl (C=O) groups is 1. The summed E-state index contributed by atoms with van der Waals surface area (Å²) in [5.74, 6) is -0.316. The fraction of sp³-hybridized carbons (Fsp3) is 0.364. The van der Waals surface area contributed by atoms with E-state index in [0.717, 1.165) is 24.3 Å². The number of nitrogens with zero attached hydrogens (tertiary/aromatic N) is 3. The van der Waals surface area contributed by atoms with Crippen molar-refractivity contribution in [2.24, 2.45) is 0 Å². The minimum absolute atomic E-state index is 0.316. The number of ether oxygens (including phenoxy) is 1. The number of nitrogens with one attached hydrogen (secondary N) is 1. The molecule has 0 saturated carbocycles. The number of methoxy groups -OCH3 is 1. The van der Waals surface area contributed by atoms with E-state index < -0.39 is 0 Å². The monoisotopic (exact) mass is 378 g/mol. The van der Waals surface area contributed by atoms with Crippen LogP contribution in [0.5, 0.6) is 0 Å². The number of benzene rings is 1. The summed E-state index contributed by atoms with van der Waals surface area (Å²) in [5, 5.41) is 4.76. The molecule has 1 aromatic carbocycles. The van der Waals surface area contributed by atoms with Gasteiger partial charge < -0.3 is 19.5 Å². The van der Waals surface area contributed by atoms with Gasteiger partial charge in [-0.05, 0) is 43.7 Å². The van der Waals surface area contributed by atoms with E-state index in [2.05, 4.69) is 51.9 Å². The van der Waals surface area contributed by atoms with E-state index >= 15 is 0 Å². The van der Waals surface area contributed by atoms with Gasteiger partial charge in [0.15, 0.2) is 0 Å². The van der Waals surface area contributed by atoms with Crippen LogP contribution in [-0.4, -0.2) is 47.8 Å². The molecule has 28 heavy (non-hydrogen) atoms. The predicted octanol–water partition coefficient (Wildman–Crippen LogP) is 3.06. The Hall–Kier alpha value is -2.86. The topological polar surface area (TPSA) is 59.4 Å². The number of hydrogen-bond donors (Lipinski definition) is 1. The van der Waals surface area contributed by atoms with Crippen LogP contribution >= 0.6 is 0 Å². The van der Waals surface area contributed by atoms with E-state index in [0.29, 0.717) is 24.2 Å². The standard InChI is InChI=1S/C22H26N4O2/c1-15-12-26(13-16(2)24-15)20-8-10-23-21-19(20)9-11-25(21)14-17-4-6-18(7-5-17)22(27)28-3/h4-11,15-16,24H,12-14H2,1-3H3/t15-,16+. The first-order valence-corrected chi connectivity index (χ1v) is 9.67. The van der Waals surface area contributed by atoms with E-state index in [1.54, 1.807) is 12.1 Å². The maximum atomic E-state index is 11.6. The lowest BCUT2D eigenvalue weighted by Gasteiger charge is -2.37. The van der Waals surface area contributed by atoms with Crippen molar-refractivity contribution in [3.05, 3.63) is 59.9 Å². The summed E-state index contributed by atoms with van der Waals surface area (Å²) in [6.45, 7) is 7.14. The van der Waals surface area contributed by atoms with Crippen LogP contribution in [0.1, 0.15) is 29.8 Å². The molecule has 0 bridgehead atoms. The molecule has 3 aromatic rings. The first-order valence-electron chi connectivity index (χ1n) is 9.67. The maximum Gasteiger partial charge on any atom is 0.337 e. The van der Waals surface area contributed by atoms with Crippen molar-refractivity contribution < 1.29 is 9.53 Å². The van der Waals surface area contributed by atoms with Crippen molar-refractivity contribution in [2.45, 2.75) is 32.5 Å². The van der Waals surface area contributed by atoms with Crippen LogP contribution in [0.3, 0.4) is 0 Å². The van der Waals surface area contributed by atoms with E-state index in [-0.39, 0.29) is 5.97 Å². The van der Waals surface area contributed by atoms with Crippen LogP contribution in [0.25, 0.3) is 11.0 Å². The Labute approximate surface area is 165 Å². The van der Waals surface area contributed by atoms with Gasteiger partial charge in [0.1, 0.15) is 5.65 Å². The summed E-state index contributed by atoms with van der Waals surface area (Å²) in [7, 11) is 1.39. The third-order valence-electron chi connectivity index (χ3n) is 5.27. The molecular weight excluding hydrogens is 352 g/mol. The highest BCUT2D eigenvalue weighted by Crippen LogP contribution is 2.28. The summed E-state index contributed by atoms with van der Waals surface area (Å²) in [6.07, 6.45) is 3.98. The number of rotatable bonds is 4. The van der Waals surface area contributed by atoms with Gasteiger partial charge in [0.2, 0.25) is 0 Å². The highest BCUT2D eigenvalue weighted by Gasteiger charge is 2.23. The fourth-order valence-electron chi connectivity index (χ4n) is 4.06. The minimum Gasteiger partial charge on any atom is -0.465 e. The quantitative estimate of drug-likeness (QED) is 0.707. The smallest absolute Gasteiger partial charge is 0.337 e. The Balaban J connectivity index is 1.60.